The fourth-order valence-corrected chi connectivity index (χ4v) is 3.29. The zero-order valence-electron chi connectivity index (χ0n) is 16.5. The minimum absolute atomic E-state index is 0.281. The highest BCUT2D eigenvalue weighted by atomic mass is 16.6. The number of phenols is 2. The van der Waals surface area contributed by atoms with Gasteiger partial charge in [0.15, 0.2) is 17.3 Å². The van der Waals surface area contributed by atoms with Gasteiger partial charge in [0.1, 0.15) is 0 Å². The van der Waals surface area contributed by atoms with E-state index in [1.165, 1.54) is 48.6 Å². The summed E-state index contributed by atoms with van der Waals surface area (Å²) in [5.41, 5.74) is 0.658. The molecule has 1 aliphatic rings. The summed E-state index contributed by atoms with van der Waals surface area (Å²) in [6.45, 7) is 3.21. The molecule has 10 nitrogen and oxygen atoms in total. The molecule has 0 aliphatic carbocycles. The fourth-order valence-electron chi connectivity index (χ4n) is 3.29. The maximum atomic E-state index is 13.0. The molecule has 0 atom stereocenters. The number of aromatic hydroxyl groups is 2. The van der Waals surface area contributed by atoms with Crippen LogP contribution in [0.2, 0.25) is 0 Å². The van der Waals surface area contributed by atoms with Crippen molar-refractivity contribution in [2.45, 2.75) is 6.92 Å². The Kier molecular flexibility index (Phi) is 6.12. The third-order valence-corrected chi connectivity index (χ3v) is 4.89. The maximum Gasteiger partial charge on any atom is 0.311 e. The first-order chi connectivity index (χ1) is 14.7. The van der Waals surface area contributed by atoms with Gasteiger partial charge in [-0.1, -0.05) is 19.1 Å². The van der Waals surface area contributed by atoms with Crippen LogP contribution in [0.15, 0.2) is 47.5 Å². The van der Waals surface area contributed by atoms with Crippen molar-refractivity contribution < 1.29 is 24.9 Å². The van der Waals surface area contributed by atoms with E-state index in [-0.39, 0.29) is 5.78 Å². The maximum absolute atomic E-state index is 13.0. The van der Waals surface area contributed by atoms with Gasteiger partial charge in [0.25, 0.3) is 0 Å². The van der Waals surface area contributed by atoms with E-state index in [9.17, 15) is 35.2 Å². The van der Waals surface area contributed by atoms with Crippen LogP contribution in [0.1, 0.15) is 18.1 Å². The number of hydrogen-bond acceptors (Lipinski definition) is 8. The summed E-state index contributed by atoms with van der Waals surface area (Å²) in [7, 11) is 0. The van der Waals surface area contributed by atoms with Crippen LogP contribution in [-0.4, -0.2) is 50.4 Å². The summed E-state index contributed by atoms with van der Waals surface area (Å²) in [5, 5.41) is 41.4. The molecule has 0 bridgehead atoms. The lowest BCUT2D eigenvalue weighted by molar-refractivity contribution is -0.386. The van der Waals surface area contributed by atoms with E-state index < -0.39 is 32.7 Å². The van der Waals surface area contributed by atoms with Crippen molar-refractivity contribution in [2.24, 2.45) is 0 Å². The number of piperidine rings is 1. The molecule has 0 saturated carbocycles. The van der Waals surface area contributed by atoms with Crippen LogP contribution in [0.3, 0.4) is 0 Å². The number of carbonyl (C=O) groups is 1. The molecule has 10 heteroatoms. The van der Waals surface area contributed by atoms with Crippen molar-refractivity contribution in [1.29, 1.82) is 0 Å². The van der Waals surface area contributed by atoms with Gasteiger partial charge in [-0.3, -0.25) is 29.9 Å². The number of ketones is 1. The van der Waals surface area contributed by atoms with Crippen LogP contribution in [0.25, 0.3) is 12.2 Å². The molecule has 0 unspecified atom stereocenters. The smallest absolute Gasteiger partial charge is 0.311 e. The highest BCUT2D eigenvalue weighted by molar-refractivity contribution is 6.14. The monoisotopic (exact) mass is 425 g/mol. The molecular formula is C21H19N3O7. The second-order valence-electron chi connectivity index (χ2n) is 6.98. The summed E-state index contributed by atoms with van der Waals surface area (Å²) in [6.07, 6.45) is 3.06. The number of nitro groups is 2. The zero-order chi connectivity index (χ0) is 22.7. The Morgan fingerprint density at radius 2 is 1.32 bits per heavy atom. The van der Waals surface area contributed by atoms with Crippen molar-refractivity contribution in [3.8, 4) is 11.5 Å². The van der Waals surface area contributed by atoms with Gasteiger partial charge in [0, 0.05) is 36.4 Å². The van der Waals surface area contributed by atoms with E-state index in [2.05, 4.69) is 0 Å². The Morgan fingerprint density at radius 1 is 0.903 bits per heavy atom. The Hall–Kier alpha value is -4.05. The zero-order valence-corrected chi connectivity index (χ0v) is 16.5. The lowest BCUT2D eigenvalue weighted by atomic mass is 9.94. The Labute approximate surface area is 176 Å². The summed E-state index contributed by atoms with van der Waals surface area (Å²) in [4.78, 5) is 35.7. The first-order valence-corrected chi connectivity index (χ1v) is 9.32. The van der Waals surface area contributed by atoms with Crippen molar-refractivity contribution in [3.63, 3.8) is 0 Å². The van der Waals surface area contributed by atoms with Gasteiger partial charge in [-0.05, 0) is 42.0 Å². The first kappa shape index (κ1) is 21.7. The molecule has 1 heterocycles. The Morgan fingerprint density at radius 3 is 1.68 bits per heavy atom. The molecule has 31 heavy (non-hydrogen) atoms. The minimum atomic E-state index is -0.707. The lowest BCUT2D eigenvalue weighted by Crippen LogP contribution is -2.37. The Bertz CT molecular complexity index is 1050. The number of carbonyl (C=O) groups excluding carboxylic acids is 1. The molecule has 0 radical (unpaired) electrons. The van der Waals surface area contributed by atoms with Crippen molar-refractivity contribution >= 4 is 29.3 Å². The highest BCUT2D eigenvalue weighted by Gasteiger charge is 2.26. The van der Waals surface area contributed by atoms with Crippen LogP contribution in [0.4, 0.5) is 11.4 Å². The van der Waals surface area contributed by atoms with Gasteiger partial charge in [-0.2, -0.15) is 0 Å². The van der Waals surface area contributed by atoms with E-state index in [0.29, 0.717) is 41.9 Å². The summed E-state index contributed by atoms with van der Waals surface area (Å²) in [5.74, 6) is -1.21. The molecule has 0 amide bonds. The predicted molar refractivity (Wildman–Crippen MR) is 113 cm³/mol. The molecule has 2 N–H and O–H groups in total. The van der Waals surface area contributed by atoms with Crippen molar-refractivity contribution in [1.82, 2.24) is 4.90 Å². The average molecular weight is 425 g/mol. The predicted octanol–water partition coefficient (Wildman–Crippen LogP) is 3.29. The van der Waals surface area contributed by atoms with Crippen LogP contribution in [0.5, 0.6) is 11.5 Å². The number of likely N-dealkylation sites (N-methyl/N-ethyl adjacent to an activating group) is 1. The first-order valence-electron chi connectivity index (χ1n) is 9.32. The lowest BCUT2D eigenvalue weighted by Gasteiger charge is -2.28. The van der Waals surface area contributed by atoms with Gasteiger partial charge >= 0.3 is 11.4 Å². The molecule has 1 aliphatic heterocycles. The van der Waals surface area contributed by atoms with Crippen molar-refractivity contribution in [2.75, 3.05) is 19.6 Å². The number of Topliss-reactive ketones (excluding diaryl/α,β-unsaturated/α-hetero) is 1. The van der Waals surface area contributed by atoms with E-state index in [0.717, 1.165) is 0 Å². The number of phenolic OH excluding ortho intramolecular Hbond substituents is 2. The molecule has 2 aromatic carbocycles. The second kappa shape index (κ2) is 8.76. The molecule has 3 rings (SSSR count). The quantitative estimate of drug-likeness (QED) is 0.421. The molecule has 1 saturated heterocycles. The third kappa shape index (κ3) is 4.75. The Balaban J connectivity index is 2.00. The topological polar surface area (TPSA) is 147 Å². The van der Waals surface area contributed by atoms with Gasteiger partial charge in [-0.25, -0.2) is 0 Å². The largest absolute Gasteiger partial charge is 0.502 e. The highest BCUT2D eigenvalue weighted by Crippen LogP contribution is 2.30. The van der Waals surface area contributed by atoms with Crippen LogP contribution in [-0.2, 0) is 4.79 Å². The number of likely N-dealkylation sites (tertiary alicyclic amines) is 1. The number of nitro benzene ring substituents is 2. The minimum Gasteiger partial charge on any atom is -0.502 e. The van der Waals surface area contributed by atoms with Crippen molar-refractivity contribution in [3.05, 3.63) is 78.9 Å². The average Bonchev–Trinajstić information content (AvgIpc) is 2.73. The van der Waals surface area contributed by atoms with Crippen LogP contribution in [0, 0.1) is 20.2 Å². The summed E-state index contributed by atoms with van der Waals surface area (Å²) in [6, 6.07) is 7.71. The van der Waals surface area contributed by atoms with Gasteiger partial charge in [0.2, 0.25) is 0 Å². The molecule has 160 valence electrons. The fraction of sp³-hybridized carbons (Fsp3) is 0.190. The third-order valence-electron chi connectivity index (χ3n) is 4.89. The number of rotatable bonds is 5. The van der Waals surface area contributed by atoms with E-state index in [1.807, 2.05) is 11.8 Å². The number of hydrogen-bond donors (Lipinski definition) is 2. The SMILES string of the molecule is CCN1C/C(=C\c2ccc(O)c([N+](=O)[O-])c2)C(=O)/C(=C/c2ccc(O)c([N+](=O)[O-])c2)C1. The van der Waals surface area contributed by atoms with Gasteiger partial charge < -0.3 is 10.2 Å². The van der Waals surface area contributed by atoms with Gasteiger partial charge in [-0.15, -0.1) is 0 Å². The van der Waals surface area contributed by atoms with E-state index >= 15 is 0 Å². The number of benzene rings is 2. The molecule has 0 aromatic heterocycles. The van der Waals surface area contributed by atoms with E-state index in [1.54, 1.807) is 0 Å². The van der Waals surface area contributed by atoms with E-state index in [4.69, 9.17) is 0 Å². The normalized spacial score (nSPS) is 17.3. The molecule has 0 spiro atoms. The summed E-state index contributed by atoms with van der Waals surface area (Å²) < 4.78 is 0. The molecule has 1 fully saturated rings. The molecule has 2 aromatic rings. The van der Waals surface area contributed by atoms with Gasteiger partial charge in [0.05, 0.1) is 9.85 Å². The molecular weight excluding hydrogens is 406 g/mol. The summed E-state index contributed by atoms with van der Waals surface area (Å²) >= 11 is 0. The number of nitrogens with zero attached hydrogens (tertiary/aromatic N) is 3. The standard InChI is InChI=1S/C21H19N3O7/c1-2-22-11-15(7-13-3-5-19(25)17(9-13)23(28)29)21(27)16(12-22)8-14-4-6-20(26)18(10-14)24(30)31/h3-10,25-26H,2,11-12H2,1H3/b15-7+,16-8+. The van der Waals surface area contributed by atoms with Crippen LogP contribution >= 0.6 is 0 Å². The van der Waals surface area contributed by atoms with Crippen LogP contribution < -0.4 is 0 Å². The second-order valence-corrected chi connectivity index (χ2v) is 6.98.